The lowest BCUT2D eigenvalue weighted by atomic mass is 10.4. The predicted octanol–water partition coefficient (Wildman–Crippen LogP) is -1.04. The SMILES string of the molecule is CN(C)CCN(CC(=O)O)CC(=O)NCCC#N. The largest absolute Gasteiger partial charge is 0.480 e. The highest BCUT2D eigenvalue weighted by Crippen LogP contribution is 1.90. The second kappa shape index (κ2) is 9.39. The fourth-order valence-corrected chi connectivity index (χ4v) is 1.26. The number of amides is 1. The maximum Gasteiger partial charge on any atom is 0.317 e. The Morgan fingerprint density at radius 2 is 1.94 bits per heavy atom. The number of hydrogen-bond acceptors (Lipinski definition) is 5. The van der Waals surface area contributed by atoms with Crippen LogP contribution in [-0.4, -0.2) is 73.6 Å². The van der Waals surface area contributed by atoms with Crippen LogP contribution in [0.5, 0.6) is 0 Å². The molecule has 0 aromatic carbocycles. The van der Waals surface area contributed by atoms with Gasteiger partial charge >= 0.3 is 5.97 Å². The summed E-state index contributed by atoms with van der Waals surface area (Å²) in [5, 5.41) is 19.6. The van der Waals surface area contributed by atoms with E-state index in [4.69, 9.17) is 10.4 Å². The molecule has 0 saturated heterocycles. The first kappa shape index (κ1) is 16.4. The van der Waals surface area contributed by atoms with Gasteiger partial charge in [0.25, 0.3) is 0 Å². The first-order chi connectivity index (χ1) is 8.45. The maximum atomic E-state index is 11.5. The summed E-state index contributed by atoms with van der Waals surface area (Å²) in [4.78, 5) is 25.6. The highest BCUT2D eigenvalue weighted by Gasteiger charge is 2.13. The molecule has 0 fully saturated rings. The summed E-state index contributed by atoms with van der Waals surface area (Å²) in [6.07, 6.45) is 0.252. The van der Waals surface area contributed by atoms with Crippen LogP contribution in [0.1, 0.15) is 6.42 Å². The second-order valence-electron chi connectivity index (χ2n) is 4.17. The number of carboxylic acids is 1. The molecule has 7 nitrogen and oxygen atoms in total. The summed E-state index contributed by atoms with van der Waals surface area (Å²) in [5.41, 5.74) is 0. The van der Waals surface area contributed by atoms with Crippen molar-refractivity contribution >= 4 is 11.9 Å². The molecule has 0 aliphatic rings. The molecule has 0 radical (unpaired) electrons. The van der Waals surface area contributed by atoms with E-state index in [2.05, 4.69) is 5.32 Å². The molecule has 0 bridgehead atoms. The summed E-state index contributed by atoms with van der Waals surface area (Å²) < 4.78 is 0. The van der Waals surface area contributed by atoms with Crippen molar-refractivity contribution in [1.82, 2.24) is 15.1 Å². The van der Waals surface area contributed by atoms with E-state index in [1.165, 1.54) is 0 Å². The van der Waals surface area contributed by atoms with Crippen molar-refractivity contribution in [2.24, 2.45) is 0 Å². The van der Waals surface area contributed by atoms with Gasteiger partial charge in [-0.2, -0.15) is 5.26 Å². The summed E-state index contributed by atoms with van der Waals surface area (Å²) in [6, 6.07) is 1.92. The minimum Gasteiger partial charge on any atom is -0.480 e. The fraction of sp³-hybridized carbons (Fsp3) is 0.727. The number of carbonyl (C=O) groups excluding carboxylic acids is 1. The van der Waals surface area contributed by atoms with Crippen molar-refractivity contribution in [2.75, 3.05) is 46.8 Å². The first-order valence-corrected chi connectivity index (χ1v) is 5.68. The van der Waals surface area contributed by atoms with Crippen molar-refractivity contribution in [3.05, 3.63) is 0 Å². The molecule has 0 atom stereocenters. The quantitative estimate of drug-likeness (QED) is 0.512. The van der Waals surface area contributed by atoms with E-state index < -0.39 is 5.97 Å². The van der Waals surface area contributed by atoms with Crippen molar-refractivity contribution in [3.63, 3.8) is 0 Å². The van der Waals surface area contributed by atoms with Gasteiger partial charge in [0.2, 0.25) is 5.91 Å². The Hall–Kier alpha value is -1.65. The lowest BCUT2D eigenvalue weighted by Gasteiger charge is -2.21. The molecule has 2 N–H and O–H groups in total. The van der Waals surface area contributed by atoms with Gasteiger partial charge in [0, 0.05) is 19.6 Å². The summed E-state index contributed by atoms with van der Waals surface area (Å²) in [7, 11) is 3.76. The van der Waals surface area contributed by atoms with Crippen molar-refractivity contribution < 1.29 is 14.7 Å². The van der Waals surface area contributed by atoms with Gasteiger partial charge in [-0.3, -0.25) is 14.5 Å². The highest BCUT2D eigenvalue weighted by atomic mass is 16.4. The third kappa shape index (κ3) is 9.57. The monoisotopic (exact) mass is 256 g/mol. The Morgan fingerprint density at radius 3 is 2.44 bits per heavy atom. The van der Waals surface area contributed by atoms with E-state index in [0.29, 0.717) is 19.6 Å². The molecule has 0 spiro atoms. The van der Waals surface area contributed by atoms with Crippen molar-refractivity contribution in [3.8, 4) is 6.07 Å². The molecule has 0 rings (SSSR count). The van der Waals surface area contributed by atoms with E-state index in [-0.39, 0.29) is 25.4 Å². The molecule has 0 saturated carbocycles. The van der Waals surface area contributed by atoms with Crippen LogP contribution in [0.3, 0.4) is 0 Å². The second-order valence-corrected chi connectivity index (χ2v) is 4.17. The molecule has 7 heteroatoms. The van der Waals surface area contributed by atoms with Crippen LogP contribution in [0.2, 0.25) is 0 Å². The molecule has 0 aliphatic carbocycles. The lowest BCUT2D eigenvalue weighted by Crippen LogP contribution is -2.42. The number of nitrogens with zero attached hydrogens (tertiary/aromatic N) is 3. The molecule has 18 heavy (non-hydrogen) atoms. The average molecular weight is 256 g/mol. The molecular formula is C11H20N4O3. The number of likely N-dealkylation sites (N-methyl/N-ethyl adjacent to an activating group) is 1. The fourth-order valence-electron chi connectivity index (χ4n) is 1.26. The van der Waals surface area contributed by atoms with Crippen LogP contribution in [0, 0.1) is 11.3 Å². The molecule has 102 valence electrons. The Bertz CT molecular complexity index is 312. The van der Waals surface area contributed by atoms with Crippen LogP contribution in [0.25, 0.3) is 0 Å². The third-order valence-corrected chi connectivity index (χ3v) is 2.15. The molecule has 0 heterocycles. The molecule has 0 aromatic heterocycles. The smallest absolute Gasteiger partial charge is 0.317 e. The Kier molecular flexibility index (Phi) is 8.53. The number of carboxylic acid groups (broad SMARTS) is 1. The number of carbonyl (C=O) groups is 2. The summed E-state index contributed by atoms with van der Waals surface area (Å²) in [5.74, 6) is -1.22. The van der Waals surface area contributed by atoms with Crippen LogP contribution in [-0.2, 0) is 9.59 Å². The molecule has 0 unspecified atom stereocenters. The maximum absolute atomic E-state index is 11.5. The first-order valence-electron chi connectivity index (χ1n) is 5.68. The van der Waals surface area contributed by atoms with E-state index in [9.17, 15) is 9.59 Å². The zero-order valence-electron chi connectivity index (χ0n) is 10.8. The lowest BCUT2D eigenvalue weighted by molar-refractivity contribution is -0.138. The van der Waals surface area contributed by atoms with Crippen LogP contribution < -0.4 is 5.32 Å². The van der Waals surface area contributed by atoms with E-state index >= 15 is 0 Å². The number of nitriles is 1. The minimum atomic E-state index is -0.960. The van der Waals surface area contributed by atoms with Gasteiger partial charge in [-0.25, -0.2) is 0 Å². The van der Waals surface area contributed by atoms with E-state index in [1.54, 1.807) is 4.90 Å². The number of aliphatic carboxylic acids is 1. The van der Waals surface area contributed by atoms with Gasteiger partial charge in [-0.1, -0.05) is 0 Å². The van der Waals surface area contributed by atoms with Crippen LogP contribution in [0.4, 0.5) is 0 Å². The standard InChI is InChI=1S/C11H20N4O3/c1-14(2)6-7-15(9-11(17)18)8-10(16)13-5-3-4-12/h3,5-9H2,1-2H3,(H,13,16)(H,17,18). The van der Waals surface area contributed by atoms with Crippen LogP contribution >= 0.6 is 0 Å². The van der Waals surface area contributed by atoms with Gasteiger partial charge in [-0.15, -0.1) is 0 Å². The molecular weight excluding hydrogens is 236 g/mol. The van der Waals surface area contributed by atoms with Gasteiger partial charge in [-0.05, 0) is 14.1 Å². The molecule has 1 amide bonds. The average Bonchev–Trinajstić information content (AvgIpc) is 2.25. The van der Waals surface area contributed by atoms with Gasteiger partial charge in [0.15, 0.2) is 0 Å². The minimum absolute atomic E-state index is 0.0333. The van der Waals surface area contributed by atoms with Crippen molar-refractivity contribution in [1.29, 1.82) is 5.26 Å². The number of hydrogen-bond donors (Lipinski definition) is 2. The zero-order chi connectivity index (χ0) is 14.0. The Balaban J connectivity index is 4.09. The van der Waals surface area contributed by atoms with Crippen molar-refractivity contribution in [2.45, 2.75) is 6.42 Å². The highest BCUT2D eigenvalue weighted by molar-refractivity contribution is 5.79. The van der Waals surface area contributed by atoms with Gasteiger partial charge in [0.1, 0.15) is 0 Å². The van der Waals surface area contributed by atoms with Gasteiger partial charge < -0.3 is 15.3 Å². The third-order valence-electron chi connectivity index (χ3n) is 2.15. The number of nitrogens with one attached hydrogen (secondary N) is 1. The molecule has 0 aliphatic heterocycles. The van der Waals surface area contributed by atoms with E-state index in [1.807, 2.05) is 25.1 Å². The summed E-state index contributed by atoms with van der Waals surface area (Å²) in [6.45, 7) is 1.35. The Morgan fingerprint density at radius 1 is 1.28 bits per heavy atom. The van der Waals surface area contributed by atoms with Crippen LogP contribution in [0.15, 0.2) is 0 Å². The summed E-state index contributed by atoms with van der Waals surface area (Å²) >= 11 is 0. The number of rotatable bonds is 9. The molecule has 0 aromatic rings. The predicted molar refractivity (Wildman–Crippen MR) is 65.9 cm³/mol. The topological polar surface area (TPSA) is 96.7 Å². The normalized spacial score (nSPS) is 10.4. The zero-order valence-corrected chi connectivity index (χ0v) is 10.8. The van der Waals surface area contributed by atoms with Gasteiger partial charge in [0.05, 0.1) is 25.6 Å². The Labute approximate surface area is 107 Å². The van der Waals surface area contributed by atoms with E-state index in [0.717, 1.165) is 0 Å².